The van der Waals surface area contributed by atoms with Gasteiger partial charge in [0.1, 0.15) is 0 Å². The molecule has 0 saturated carbocycles. The zero-order chi connectivity index (χ0) is 16.5. The van der Waals surface area contributed by atoms with Crippen LogP contribution in [0.2, 0.25) is 13.1 Å². The predicted molar refractivity (Wildman–Crippen MR) is 101 cm³/mol. The van der Waals surface area contributed by atoms with Gasteiger partial charge >= 0.3 is 41.9 Å². The molecule has 0 atom stereocenters. The van der Waals surface area contributed by atoms with Crippen LogP contribution in [0, 0.1) is 6.08 Å². The van der Waals surface area contributed by atoms with Crippen LogP contribution in [-0.4, -0.2) is 11.2 Å². The van der Waals surface area contributed by atoms with E-state index >= 15 is 0 Å². The van der Waals surface area contributed by atoms with Gasteiger partial charge in [-0.2, -0.15) is 35.9 Å². The molecule has 130 valence electrons. The molecule has 0 nitrogen and oxygen atoms in total. The van der Waals surface area contributed by atoms with Crippen LogP contribution in [0.4, 0.5) is 0 Å². The Bertz CT molecular complexity index is 698. The summed E-state index contributed by atoms with van der Waals surface area (Å²) >= 11 is 3.62. The number of allylic oxidation sites excluding steroid dienone is 4. The standard InChI is InChI=1S/C13H9S.C5H5.C2H6Si.2ClH.Zr/c1-2-5-10(6-3-1)12-9-14-13-8-4-7-11(12)13;1-2-4-5-3-1;1-3-2;;;/h1-7H,9H2;1-5H;1-2H3;2*1H;/q2*-1;;;;+2/p-2. The van der Waals surface area contributed by atoms with Gasteiger partial charge in [0.2, 0.25) is 0 Å². The molecule has 2 aromatic carbocycles. The van der Waals surface area contributed by atoms with Crippen molar-refractivity contribution in [3.63, 3.8) is 0 Å². The molecule has 2 aromatic rings. The molecule has 0 N–H and O–H groups in total. The first-order chi connectivity index (χ1) is 11.2. The fourth-order valence-electron chi connectivity index (χ4n) is 2.13. The van der Waals surface area contributed by atoms with Crippen molar-refractivity contribution in [2.75, 3.05) is 5.75 Å². The number of halogens is 2. The molecule has 0 spiro atoms. The van der Waals surface area contributed by atoms with Gasteiger partial charge in [-0.1, -0.05) is 35.9 Å². The monoisotopic (exact) mass is 480 g/mol. The normalized spacial score (nSPS) is 13.2. The largest absolute Gasteiger partial charge is 1.00 e. The van der Waals surface area contributed by atoms with E-state index in [0.717, 1.165) is 5.75 Å². The number of thioether (sulfide) groups is 1. The van der Waals surface area contributed by atoms with Crippen LogP contribution in [0.3, 0.4) is 0 Å². The van der Waals surface area contributed by atoms with Gasteiger partial charge in [-0.3, -0.25) is 0 Å². The predicted octanol–water partition coefficient (Wildman–Crippen LogP) is -0.358. The van der Waals surface area contributed by atoms with E-state index in [1.165, 1.54) is 21.6 Å². The van der Waals surface area contributed by atoms with Gasteiger partial charge in [0.25, 0.3) is 0 Å². The Morgan fingerprint density at radius 2 is 1.64 bits per heavy atom. The first-order valence-corrected chi connectivity index (χ1v) is 14.8. The summed E-state index contributed by atoms with van der Waals surface area (Å²) in [6.07, 6.45) is 7.44. The third-order valence-electron chi connectivity index (χ3n) is 3.07. The number of benzene rings is 1. The van der Waals surface area contributed by atoms with E-state index in [1.807, 2.05) is 48.2 Å². The van der Waals surface area contributed by atoms with Crippen LogP contribution < -0.4 is 24.8 Å². The Hall–Kier alpha value is -0.180. The Morgan fingerprint density at radius 1 is 1.04 bits per heavy atom. The zero-order valence-corrected chi connectivity index (χ0v) is 20.1. The van der Waals surface area contributed by atoms with Gasteiger partial charge in [-0.15, -0.1) is 16.7 Å². The molecule has 2 aliphatic rings. The van der Waals surface area contributed by atoms with Crippen molar-refractivity contribution in [2.24, 2.45) is 0 Å². The number of rotatable bonds is 1. The van der Waals surface area contributed by atoms with Crippen molar-refractivity contribution in [1.82, 2.24) is 0 Å². The van der Waals surface area contributed by atoms with Crippen molar-refractivity contribution in [3.8, 4) is 0 Å². The maximum absolute atomic E-state index is 3.26. The number of fused-ring (bicyclic) bond motifs is 1. The summed E-state index contributed by atoms with van der Waals surface area (Å²) < 4.78 is 0. The molecule has 4 rings (SSSR count). The van der Waals surface area contributed by atoms with Crippen LogP contribution >= 0.6 is 11.8 Å². The molecular weight excluding hydrogens is 463 g/mol. The van der Waals surface area contributed by atoms with E-state index in [0.29, 0.717) is 0 Å². The average Bonchev–Trinajstić information content (AvgIpc) is 3.27. The fraction of sp³-hybridized carbons (Fsp3) is 0.150. The molecule has 0 amide bonds. The van der Waals surface area contributed by atoms with Crippen molar-refractivity contribution < 1.29 is 48.1 Å². The Kier molecular flexibility index (Phi) is 13.8. The summed E-state index contributed by atoms with van der Waals surface area (Å²) in [5, 5.41) is 0. The smallest absolute Gasteiger partial charge is 0.00994 e. The third kappa shape index (κ3) is 8.84. The summed E-state index contributed by atoms with van der Waals surface area (Å²) in [5.74, 6) is 1.09. The summed E-state index contributed by atoms with van der Waals surface area (Å²) in [7, 11) is 0. The van der Waals surface area contributed by atoms with Crippen molar-refractivity contribution in [1.29, 1.82) is 0 Å². The quantitative estimate of drug-likeness (QED) is 0.395. The van der Waals surface area contributed by atoms with Crippen LogP contribution in [-0.2, 0) is 23.3 Å². The minimum atomic E-state index is 0. The second kappa shape index (κ2) is 13.9. The third-order valence-corrected chi connectivity index (χ3v) is 4.13. The van der Waals surface area contributed by atoms with Gasteiger partial charge in [-0.05, 0) is 5.56 Å². The second-order valence-corrected chi connectivity index (χ2v) is 15.7. The summed E-state index contributed by atoms with van der Waals surface area (Å²) in [5.41, 5.74) is 4.38. The van der Waals surface area contributed by atoms with Gasteiger partial charge < -0.3 is 24.8 Å². The maximum atomic E-state index is 3.26. The molecule has 0 bridgehead atoms. The summed E-state index contributed by atoms with van der Waals surface area (Å²) in [6, 6.07) is 20.6. The van der Waals surface area contributed by atoms with Crippen LogP contribution in [0.1, 0.15) is 5.56 Å². The van der Waals surface area contributed by atoms with Crippen LogP contribution in [0.25, 0.3) is 5.57 Å². The van der Waals surface area contributed by atoms with Crippen molar-refractivity contribution >= 4 is 22.8 Å². The average molecular weight is 483 g/mol. The minimum absolute atomic E-state index is 0. The maximum Gasteiger partial charge on any atom is 0.00994 e. The topological polar surface area (TPSA) is 0 Å². The Labute approximate surface area is 183 Å². The molecule has 0 saturated heterocycles. The molecular formula is C20H20Cl2SSiZr-2. The van der Waals surface area contributed by atoms with E-state index in [4.69, 9.17) is 0 Å². The molecule has 0 radical (unpaired) electrons. The SMILES string of the molecule is C[Si](C)=[Zr+2].[C-]1=C2SCC(c3ccccc3)=C2C=C1.[Cl-].[Cl-].c1cc[cH-]c1. The van der Waals surface area contributed by atoms with E-state index < -0.39 is 0 Å². The minimum Gasteiger partial charge on any atom is -1.00 e. The van der Waals surface area contributed by atoms with E-state index in [2.05, 4.69) is 55.6 Å². The van der Waals surface area contributed by atoms with Crippen LogP contribution in [0.5, 0.6) is 0 Å². The van der Waals surface area contributed by atoms with E-state index in [9.17, 15) is 0 Å². The second-order valence-electron chi connectivity index (χ2n) is 5.32. The van der Waals surface area contributed by atoms with Crippen LogP contribution in [0.15, 0.2) is 83.3 Å². The molecule has 0 unspecified atom stereocenters. The van der Waals surface area contributed by atoms with E-state index in [-0.39, 0.29) is 30.2 Å². The van der Waals surface area contributed by atoms with Gasteiger partial charge in [0.05, 0.1) is 0 Å². The van der Waals surface area contributed by atoms with Crippen molar-refractivity contribution in [2.45, 2.75) is 13.1 Å². The summed E-state index contributed by atoms with van der Waals surface area (Å²) in [6.45, 7) is 4.62. The van der Waals surface area contributed by atoms with Gasteiger partial charge in [-0.25, -0.2) is 18.2 Å². The van der Waals surface area contributed by atoms with Gasteiger partial charge in [0, 0.05) is 5.75 Å². The molecule has 0 aromatic heterocycles. The van der Waals surface area contributed by atoms with Gasteiger partial charge in [0.15, 0.2) is 0 Å². The first-order valence-electron chi connectivity index (χ1n) is 7.58. The molecule has 5 heteroatoms. The number of hydrogen-bond donors (Lipinski definition) is 0. The first kappa shape index (κ1) is 24.8. The Morgan fingerprint density at radius 3 is 2.16 bits per heavy atom. The van der Waals surface area contributed by atoms with Crippen molar-refractivity contribution in [3.05, 3.63) is 94.9 Å². The Balaban J connectivity index is 0.000000443. The zero-order valence-electron chi connectivity index (χ0n) is 14.3. The summed E-state index contributed by atoms with van der Waals surface area (Å²) in [4.78, 5) is 1.31. The molecule has 1 heterocycles. The van der Waals surface area contributed by atoms with E-state index in [1.54, 1.807) is 23.3 Å². The number of hydrogen-bond acceptors (Lipinski definition) is 1. The fourth-order valence-corrected chi connectivity index (χ4v) is 3.24. The molecule has 0 fully saturated rings. The molecule has 25 heavy (non-hydrogen) atoms. The molecule has 1 aliphatic heterocycles. The molecule has 1 aliphatic carbocycles.